The number of likely N-dealkylation sites (N-methyl/N-ethyl adjacent to an activating group) is 1. The number of amides is 4. The minimum atomic E-state index is -4.12. The van der Waals surface area contributed by atoms with Gasteiger partial charge < -0.3 is 34.4 Å². The molecular weight excluding hydrogens is 859 g/mol. The molecule has 20 nitrogen and oxygen atoms in total. The van der Waals surface area contributed by atoms with Crippen LogP contribution in [0, 0.1) is 17.8 Å². The van der Waals surface area contributed by atoms with E-state index >= 15 is 0 Å². The summed E-state index contributed by atoms with van der Waals surface area (Å²) in [4.78, 5) is 73.1. The highest BCUT2D eigenvalue weighted by Gasteiger charge is 2.43. The number of aromatic nitrogens is 3. The van der Waals surface area contributed by atoms with Gasteiger partial charge in [-0.25, -0.2) is 19.3 Å². The number of sulfonamides is 1. The third-order valence-electron chi connectivity index (χ3n) is 12.0. The van der Waals surface area contributed by atoms with Gasteiger partial charge >= 0.3 is 0 Å². The van der Waals surface area contributed by atoms with Crippen LogP contribution in [0.1, 0.15) is 78.0 Å². The summed E-state index contributed by atoms with van der Waals surface area (Å²) >= 11 is 0. The molecule has 1 aliphatic rings. The Hall–Kier alpha value is -4.70. The van der Waals surface area contributed by atoms with Crippen LogP contribution in [0.3, 0.4) is 0 Å². The number of methoxy groups -OCH3 is 2. The molecule has 1 fully saturated rings. The van der Waals surface area contributed by atoms with Crippen LogP contribution in [0.2, 0.25) is 0 Å². The van der Waals surface area contributed by atoms with Gasteiger partial charge in [0.25, 0.3) is 5.91 Å². The van der Waals surface area contributed by atoms with E-state index in [0.717, 1.165) is 6.42 Å². The first-order valence-electron chi connectivity index (χ1n) is 22.3. The number of hydrogen-bond donors (Lipinski definition) is 3. The van der Waals surface area contributed by atoms with Crippen molar-refractivity contribution in [3.05, 3.63) is 47.8 Å². The zero-order valence-corrected chi connectivity index (χ0v) is 41.3. The van der Waals surface area contributed by atoms with Gasteiger partial charge in [-0.2, -0.15) is 0 Å². The molecule has 4 N–H and O–H groups in total. The number of nitrogens with one attached hydrogen (secondary N) is 2. The average molecular weight is 934 g/mol. The van der Waals surface area contributed by atoms with Crippen molar-refractivity contribution in [3.63, 3.8) is 0 Å². The number of benzene rings is 1. The molecule has 0 spiro atoms. The molecule has 2 heterocycles. The molecule has 0 radical (unpaired) electrons. The first kappa shape index (κ1) is 54.6. The first-order valence-corrected chi connectivity index (χ1v) is 24.0. The molecule has 1 saturated heterocycles. The second-order valence-electron chi connectivity index (χ2n) is 17.7. The van der Waals surface area contributed by atoms with Crippen LogP contribution in [0.25, 0.3) is 0 Å². The summed E-state index contributed by atoms with van der Waals surface area (Å²) in [6.07, 6.45) is 2.21. The Morgan fingerprint density at radius 1 is 0.985 bits per heavy atom. The highest BCUT2D eigenvalue weighted by Crippen LogP contribution is 2.30. The lowest BCUT2D eigenvalue weighted by atomic mass is 9.89. The maximum absolute atomic E-state index is 14.4. The number of aryl methyl sites for hydroxylation is 1. The smallest absolute Gasteiger partial charge is 0.256 e. The van der Waals surface area contributed by atoms with Crippen molar-refractivity contribution in [1.29, 1.82) is 0 Å². The molecule has 2 aromatic rings. The van der Waals surface area contributed by atoms with Crippen molar-refractivity contribution >= 4 is 39.6 Å². The third-order valence-corrected chi connectivity index (χ3v) is 13.3. The molecule has 1 aromatic carbocycles. The summed E-state index contributed by atoms with van der Waals surface area (Å²) in [5, 5.41) is 10.6. The molecule has 1 aromatic heterocycles. The number of carbonyl (C=O) groups is 4. The minimum absolute atomic E-state index is 0.0146. The van der Waals surface area contributed by atoms with Gasteiger partial charge in [-0.15, -0.1) is 5.10 Å². The normalized spacial score (nSPS) is 17.3. The highest BCUT2D eigenvalue weighted by atomic mass is 32.2. The standard InChI is InChI=1S/C44H75N11O9S/c1-13-30(4)39(53(10)43(59)38(29(2)3)47-44(51(6)7)52(8)9)36(62-11)26-37(56)55-23-17-21-35(55)40(63-12)31(5)41(57)46-34(25-32-19-15-14-16-20-32)42(58)49-65(60,61)24-18-22-54-27-33(28-64-45)48-50-54/h14-16,19-20,27,29-31,34-36,38-40H,13,17-18,21-26,28,45H2,1-12H3,(H,46,57)(H,49,58)/t30-,31+,34-,35-,36-,38-,39-,40+/m0/s1. The fourth-order valence-electron chi connectivity index (χ4n) is 8.41. The topological polar surface area (TPSA) is 236 Å². The molecule has 0 aliphatic carbocycles. The van der Waals surface area contributed by atoms with Crippen LogP contribution in [0.15, 0.2) is 41.5 Å². The Morgan fingerprint density at radius 2 is 1.65 bits per heavy atom. The lowest BCUT2D eigenvalue weighted by Crippen LogP contribution is -2.56. The average Bonchev–Trinajstić information content (AvgIpc) is 3.93. The third kappa shape index (κ3) is 15.7. The zero-order valence-electron chi connectivity index (χ0n) is 40.5. The summed E-state index contributed by atoms with van der Waals surface area (Å²) in [5.74, 6) is 2.52. The van der Waals surface area contributed by atoms with E-state index in [2.05, 4.69) is 25.2 Å². The number of aliphatic imine (C=N–C) groups is 1. The van der Waals surface area contributed by atoms with Gasteiger partial charge in [-0.05, 0) is 36.7 Å². The van der Waals surface area contributed by atoms with Crippen LogP contribution in [-0.2, 0) is 63.1 Å². The molecule has 21 heteroatoms. The first-order chi connectivity index (χ1) is 30.7. The van der Waals surface area contributed by atoms with Crippen molar-refractivity contribution in [2.75, 3.05) is 61.8 Å². The van der Waals surface area contributed by atoms with Crippen molar-refractivity contribution < 1.29 is 41.9 Å². The molecule has 366 valence electrons. The number of rotatable bonds is 25. The van der Waals surface area contributed by atoms with Gasteiger partial charge in [0.1, 0.15) is 24.4 Å². The van der Waals surface area contributed by atoms with Gasteiger partial charge in [-0.3, -0.25) is 33.4 Å². The molecule has 8 atom stereocenters. The summed E-state index contributed by atoms with van der Waals surface area (Å²) in [7, 11) is 8.18. The van der Waals surface area contributed by atoms with Crippen LogP contribution in [0.5, 0.6) is 0 Å². The lowest BCUT2D eigenvalue weighted by molar-refractivity contribution is -0.146. The van der Waals surface area contributed by atoms with Crippen LogP contribution < -0.4 is 15.9 Å². The van der Waals surface area contributed by atoms with Crippen LogP contribution in [-0.4, -0.2) is 171 Å². The van der Waals surface area contributed by atoms with Crippen molar-refractivity contribution in [2.45, 2.75) is 123 Å². The summed E-state index contributed by atoms with van der Waals surface area (Å²) in [6.45, 7) is 10.3. The SMILES string of the molecule is CC[C@H](C)[C@@H]([C@H](CC(=O)N1CCC[C@H]1[C@H](OC)[C@@H](C)C(=O)N[C@@H](Cc1ccccc1)C(=O)NS(=O)(=O)CCCn1cc(CON)nn1)OC)N(C)C(=O)[C@@H](N=C(N(C)C)N(C)C)C(C)C. The number of ether oxygens (including phenoxy) is 2. The number of nitrogens with zero attached hydrogens (tertiary/aromatic N) is 8. The van der Waals surface area contributed by atoms with Gasteiger partial charge in [0, 0.05) is 69.0 Å². The molecule has 1 aliphatic heterocycles. The fourth-order valence-corrected chi connectivity index (χ4v) is 9.47. The number of guanidine groups is 1. The summed E-state index contributed by atoms with van der Waals surface area (Å²) < 4.78 is 41.9. The summed E-state index contributed by atoms with van der Waals surface area (Å²) in [6, 6.07) is 6.05. The van der Waals surface area contributed by atoms with E-state index in [9.17, 15) is 27.6 Å². The Morgan fingerprint density at radius 3 is 2.22 bits per heavy atom. The van der Waals surface area contributed by atoms with Crippen molar-refractivity contribution in [2.24, 2.45) is 28.6 Å². The Balaban J connectivity index is 1.79. The Labute approximate surface area is 385 Å². The van der Waals surface area contributed by atoms with E-state index in [1.807, 2.05) is 71.8 Å². The quantitative estimate of drug-likeness (QED) is 0.0730. The largest absolute Gasteiger partial charge is 0.379 e. The maximum atomic E-state index is 14.4. The Kier molecular flexibility index (Phi) is 21.7. The molecule has 3 rings (SSSR count). The zero-order chi connectivity index (χ0) is 48.6. The number of hydrogen-bond acceptors (Lipinski definition) is 13. The highest BCUT2D eigenvalue weighted by molar-refractivity contribution is 7.90. The number of nitrogens with two attached hydrogens (primary N) is 1. The van der Waals surface area contributed by atoms with E-state index in [-0.39, 0.29) is 56.1 Å². The second kappa shape index (κ2) is 25.9. The molecule has 65 heavy (non-hydrogen) atoms. The van der Waals surface area contributed by atoms with Gasteiger partial charge in [-0.1, -0.05) is 76.6 Å². The van der Waals surface area contributed by atoms with Gasteiger partial charge in [0.2, 0.25) is 27.7 Å². The number of carbonyl (C=O) groups excluding carboxylic acids is 4. The Bertz CT molecular complexity index is 1950. The van der Waals surface area contributed by atoms with Crippen LogP contribution >= 0.6 is 0 Å². The molecule has 0 bridgehead atoms. The number of likely N-dealkylation sites (tertiary alicyclic amines) is 1. The minimum Gasteiger partial charge on any atom is -0.379 e. The van der Waals surface area contributed by atoms with Crippen molar-refractivity contribution in [3.8, 4) is 0 Å². The molecule has 0 unspecified atom stereocenters. The van der Waals surface area contributed by atoms with E-state index in [4.69, 9.17) is 20.4 Å². The predicted molar refractivity (Wildman–Crippen MR) is 247 cm³/mol. The molecule has 4 amide bonds. The van der Waals surface area contributed by atoms with Crippen LogP contribution in [0.4, 0.5) is 0 Å². The van der Waals surface area contributed by atoms with E-state index in [1.54, 1.807) is 61.3 Å². The van der Waals surface area contributed by atoms with E-state index in [0.29, 0.717) is 36.6 Å². The maximum Gasteiger partial charge on any atom is 0.256 e. The monoisotopic (exact) mass is 934 g/mol. The predicted octanol–water partition coefficient (Wildman–Crippen LogP) is 1.66. The molecule has 0 saturated carbocycles. The van der Waals surface area contributed by atoms with Gasteiger partial charge in [0.05, 0.1) is 48.6 Å². The van der Waals surface area contributed by atoms with Gasteiger partial charge in [0.15, 0.2) is 5.96 Å². The summed E-state index contributed by atoms with van der Waals surface area (Å²) in [5.41, 5.74) is 1.18. The molecular formula is C44H75N11O9S. The van der Waals surface area contributed by atoms with E-state index in [1.165, 1.54) is 11.8 Å². The lowest BCUT2D eigenvalue weighted by Gasteiger charge is -2.40. The van der Waals surface area contributed by atoms with Crippen molar-refractivity contribution in [1.82, 2.24) is 44.6 Å². The van der Waals surface area contributed by atoms with E-state index < -0.39 is 69.9 Å². The fraction of sp³-hybridized carbons (Fsp3) is 0.705. The second-order valence-corrected chi connectivity index (χ2v) is 19.5.